The first-order valence-corrected chi connectivity index (χ1v) is 6.37. The van der Waals surface area contributed by atoms with E-state index in [4.69, 9.17) is 5.11 Å². The van der Waals surface area contributed by atoms with Crippen molar-refractivity contribution in [2.24, 2.45) is 0 Å². The third kappa shape index (κ3) is 2.49. The van der Waals surface area contributed by atoms with E-state index in [2.05, 4.69) is 0 Å². The monoisotopic (exact) mass is 276 g/mol. The van der Waals surface area contributed by atoms with Crippen molar-refractivity contribution in [2.45, 2.75) is 19.9 Å². The van der Waals surface area contributed by atoms with E-state index in [0.717, 1.165) is 0 Å². The summed E-state index contributed by atoms with van der Waals surface area (Å²) in [5, 5.41) is 8.72. The molecule has 106 valence electrons. The SMILES string of the molecule is CC(C)N1CCN(c2cccc(C(=O)C(=O)O)c2)C1=O. The molecule has 1 aromatic carbocycles. The van der Waals surface area contributed by atoms with Gasteiger partial charge >= 0.3 is 12.0 Å². The number of aliphatic carboxylic acids is 1. The maximum Gasteiger partial charge on any atom is 0.377 e. The lowest BCUT2D eigenvalue weighted by Crippen LogP contribution is -2.36. The molecule has 1 saturated heterocycles. The van der Waals surface area contributed by atoms with Gasteiger partial charge in [0, 0.05) is 30.4 Å². The molecule has 0 saturated carbocycles. The number of carbonyl (C=O) groups is 3. The lowest BCUT2D eigenvalue weighted by atomic mass is 10.1. The predicted octanol–water partition coefficient (Wildman–Crippen LogP) is 1.60. The number of urea groups is 1. The molecule has 1 aliphatic heterocycles. The van der Waals surface area contributed by atoms with Crippen molar-refractivity contribution in [1.29, 1.82) is 0 Å². The fraction of sp³-hybridized carbons (Fsp3) is 0.357. The van der Waals surface area contributed by atoms with Gasteiger partial charge in [0.15, 0.2) is 0 Å². The number of anilines is 1. The van der Waals surface area contributed by atoms with Crippen LogP contribution in [0.15, 0.2) is 24.3 Å². The van der Waals surface area contributed by atoms with Gasteiger partial charge in [0.1, 0.15) is 0 Å². The van der Waals surface area contributed by atoms with Crippen molar-refractivity contribution >= 4 is 23.5 Å². The Balaban J connectivity index is 2.27. The molecular weight excluding hydrogens is 260 g/mol. The quantitative estimate of drug-likeness (QED) is 0.669. The van der Waals surface area contributed by atoms with E-state index >= 15 is 0 Å². The molecule has 0 unspecified atom stereocenters. The van der Waals surface area contributed by atoms with Gasteiger partial charge in [-0.3, -0.25) is 9.69 Å². The minimum absolute atomic E-state index is 0.0748. The van der Waals surface area contributed by atoms with Crippen LogP contribution < -0.4 is 4.90 Å². The molecule has 0 aliphatic carbocycles. The van der Waals surface area contributed by atoms with Crippen molar-refractivity contribution < 1.29 is 19.5 Å². The molecular formula is C14H16N2O4. The molecule has 0 atom stereocenters. The molecule has 2 rings (SSSR count). The molecule has 2 amide bonds. The van der Waals surface area contributed by atoms with E-state index in [1.807, 2.05) is 13.8 Å². The number of amides is 2. The number of carboxylic acid groups (broad SMARTS) is 1. The molecule has 0 radical (unpaired) electrons. The summed E-state index contributed by atoms with van der Waals surface area (Å²) in [7, 11) is 0. The number of nitrogens with zero attached hydrogens (tertiary/aromatic N) is 2. The average molecular weight is 276 g/mol. The molecule has 1 fully saturated rings. The normalized spacial score (nSPS) is 15.1. The van der Waals surface area contributed by atoms with E-state index in [1.54, 1.807) is 21.9 Å². The smallest absolute Gasteiger partial charge is 0.377 e. The van der Waals surface area contributed by atoms with Crippen LogP contribution in [0.25, 0.3) is 0 Å². The van der Waals surface area contributed by atoms with Gasteiger partial charge in [-0.25, -0.2) is 9.59 Å². The molecule has 6 heteroatoms. The molecule has 1 aliphatic rings. The van der Waals surface area contributed by atoms with Crippen LogP contribution in [0, 0.1) is 0 Å². The molecule has 1 N–H and O–H groups in total. The van der Waals surface area contributed by atoms with Crippen LogP contribution in [0.5, 0.6) is 0 Å². The Morgan fingerprint density at radius 2 is 1.95 bits per heavy atom. The Hall–Kier alpha value is -2.37. The molecule has 0 bridgehead atoms. The number of hydrogen-bond donors (Lipinski definition) is 1. The third-order valence-corrected chi connectivity index (χ3v) is 3.28. The highest BCUT2D eigenvalue weighted by atomic mass is 16.4. The van der Waals surface area contributed by atoms with Crippen LogP contribution in [0.4, 0.5) is 10.5 Å². The molecule has 0 spiro atoms. The zero-order valence-electron chi connectivity index (χ0n) is 11.4. The number of ketones is 1. The number of hydrogen-bond acceptors (Lipinski definition) is 3. The lowest BCUT2D eigenvalue weighted by Gasteiger charge is -2.21. The third-order valence-electron chi connectivity index (χ3n) is 3.28. The van der Waals surface area contributed by atoms with Crippen molar-refractivity contribution in [2.75, 3.05) is 18.0 Å². The van der Waals surface area contributed by atoms with Crippen molar-refractivity contribution in [3.63, 3.8) is 0 Å². The Kier molecular flexibility index (Phi) is 3.74. The fourth-order valence-electron chi connectivity index (χ4n) is 2.21. The summed E-state index contributed by atoms with van der Waals surface area (Å²) in [6.45, 7) is 5.02. The van der Waals surface area contributed by atoms with Gasteiger partial charge in [-0.1, -0.05) is 12.1 Å². The first kappa shape index (κ1) is 14.0. The van der Waals surface area contributed by atoms with Gasteiger partial charge in [0.05, 0.1) is 0 Å². The summed E-state index contributed by atoms with van der Waals surface area (Å²) in [4.78, 5) is 37.6. The van der Waals surface area contributed by atoms with Crippen LogP contribution in [0.3, 0.4) is 0 Å². The second kappa shape index (κ2) is 5.32. The first-order valence-electron chi connectivity index (χ1n) is 6.37. The second-order valence-electron chi connectivity index (χ2n) is 4.91. The number of Topliss-reactive ketones (excluding diaryl/α,β-unsaturated/α-hetero) is 1. The Bertz CT molecular complexity index is 568. The summed E-state index contributed by atoms with van der Waals surface area (Å²) >= 11 is 0. The van der Waals surface area contributed by atoms with Crippen LogP contribution >= 0.6 is 0 Å². The number of benzene rings is 1. The highest BCUT2D eigenvalue weighted by Gasteiger charge is 2.31. The van der Waals surface area contributed by atoms with E-state index < -0.39 is 11.8 Å². The standard InChI is InChI=1S/C14H16N2O4/c1-9(2)15-6-7-16(14(15)20)11-5-3-4-10(8-11)12(17)13(18)19/h3-5,8-9H,6-7H2,1-2H3,(H,18,19). The number of carbonyl (C=O) groups excluding carboxylic acids is 2. The van der Waals surface area contributed by atoms with E-state index in [9.17, 15) is 14.4 Å². The largest absolute Gasteiger partial charge is 0.475 e. The summed E-state index contributed by atoms with van der Waals surface area (Å²) in [6.07, 6.45) is 0. The highest BCUT2D eigenvalue weighted by molar-refractivity contribution is 6.40. The summed E-state index contributed by atoms with van der Waals surface area (Å²) in [5.41, 5.74) is 0.621. The minimum Gasteiger partial charge on any atom is -0.475 e. The van der Waals surface area contributed by atoms with Crippen molar-refractivity contribution in [3.05, 3.63) is 29.8 Å². The molecule has 1 aromatic rings. The van der Waals surface area contributed by atoms with Crippen LogP contribution in [-0.4, -0.2) is 46.9 Å². The van der Waals surface area contributed by atoms with Gasteiger partial charge in [0.2, 0.25) is 0 Å². The Morgan fingerprint density at radius 3 is 2.50 bits per heavy atom. The predicted molar refractivity (Wildman–Crippen MR) is 73.0 cm³/mol. The van der Waals surface area contributed by atoms with Crippen molar-refractivity contribution in [3.8, 4) is 0 Å². The maximum absolute atomic E-state index is 12.2. The van der Waals surface area contributed by atoms with Gasteiger partial charge in [-0.15, -0.1) is 0 Å². The highest BCUT2D eigenvalue weighted by Crippen LogP contribution is 2.22. The fourth-order valence-corrected chi connectivity index (χ4v) is 2.21. The van der Waals surface area contributed by atoms with Gasteiger partial charge in [-0.05, 0) is 26.0 Å². The summed E-state index contributed by atoms with van der Waals surface area (Å²) in [5.74, 6) is -2.47. The van der Waals surface area contributed by atoms with Gasteiger partial charge in [-0.2, -0.15) is 0 Å². The van der Waals surface area contributed by atoms with Crippen LogP contribution in [0.1, 0.15) is 24.2 Å². The van der Waals surface area contributed by atoms with E-state index in [1.165, 1.54) is 12.1 Å². The molecule has 0 aromatic heterocycles. The number of carboxylic acids is 1. The molecule has 20 heavy (non-hydrogen) atoms. The first-order chi connectivity index (χ1) is 9.41. The van der Waals surface area contributed by atoms with E-state index in [0.29, 0.717) is 18.8 Å². The summed E-state index contributed by atoms with van der Waals surface area (Å²) < 4.78 is 0. The van der Waals surface area contributed by atoms with Gasteiger partial charge in [0.25, 0.3) is 5.78 Å². The lowest BCUT2D eigenvalue weighted by molar-refractivity contribution is -0.131. The Morgan fingerprint density at radius 1 is 1.25 bits per heavy atom. The second-order valence-corrected chi connectivity index (χ2v) is 4.91. The van der Waals surface area contributed by atoms with Crippen LogP contribution in [-0.2, 0) is 4.79 Å². The zero-order chi connectivity index (χ0) is 14.9. The molecule has 1 heterocycles. The van der Waals surface area contributed by atoms with E-state index in [-0.39, 0.29) is 17.6 Å². The maximum atomic E-state index is 12.2. The summed E-state index contributed by atoms with van der Waals surface area (Å²) in [6, 6.07) is 6.13. The Labute approximate surface area is 116 Å². The minimum atomic E-state index is -1.50. The topological polar surface area (TPSA) is 77.9 Å². The average Bonchev–Trinajstić information content (AvgIpc) is 2.80. The van der Waals surface area contributed by atoms with Crippen molar-refractivity contribution in [1.82, 2.24) is 4.90 Å². The number of rotatable bonds is 4. The zero-order valence-corrected chi connectivity index (χ0v) is 11.4. The van der Waals surface area contributed by atoms with Gasteiger partial charge < -0.3 is 10.0 Å². The van der Waals surface area contributed by atoms with Crippen LogP contribution in [0.2, 0.25) is 0 Å². The molecule has 6 nitrogen and oxygen atoms in total.